The summed E-state index contributed by atoms with van der Waals surface area (Å²) < 4.78 is 18.6. The Bertz CT molecular complexity index is 691. The molecule has 1 fully saturated rings. The van der Waals surface area contributed by atoms with Gasteiger partial charge in [-0.25, -0.2) is 14.6 Å². The third-order valence-corrected chi connectivity index (χ3v) is 4.30. The molecule has 0 saturated carbocycles. The highest BCUT2D eigenvalue weighted by Gasteiger charge is 2.38. The number of nitrogens with zero attached hydrogens (tertiary/aromatic N) is 4. The summed E-state index contributed by atoms with van der Waals surface area (Å²) in [5, 5.41) is 5.47. The second-order valence-electron chi connectivity index (χ2n) is 5.84. The molecule has 3 unspecified atom stereocenters. The minimum Gasteiger partial charge on any atom is -0.383 e. The fourth-order valence-electron chi connectivity index (χ4n) is 3.12. The van der Waals surface area contributed by atoms with Gasteiger partial charge in [-0.15, -0.1) is 0 Å². The standard InChI is InChI=1S/C15H24N6O3/c1-22-7-11-10(23-2)6-12(24-11)21-15-13(14(17)18-8-19-15)9(20-21)4-3-5-16/h8,10-12H,3-7,16H2,1-2H3,(H2,17,18,19). The maximum absolute atomic E-state index is 6.08. The Labute approximate surface area is 140 Å². The number of aromatic nitrogens is 4. The minimum atomic E-state index is -0.279. The number of ether oxygens (including phenoxy) is 3. The molecule has 2 aromatic rings. The van der Waals surface area contributed by atoms with Crippen molar-refractivity contribution in [1.29, 1.82) is 0 Å². The van der Waals surface area contributed by atoms with Gasteiger partial charge in [0.25, 0.3) is 0 Å². The van der Waals surface area contributed by atoms with Gasteiger partial charge in [0.05, 0.1) is 23.8 Å². The molecule has 0 aliphatic carbocycles. The van der Waals surface area contributed by atoms with E-state index in [1.165, 1.54) is 6.33 Å². The molecule has 9 nitrogen and oxygen atoms in total. The van der Waals surface area contributed by atoms with Crippen LogP contribution in [0.5, 0.6) is 0 Å². The largest absolute Gasteiger partial charge is 0.383 e. The van der Waals surface area contributed by atoms with Crippen molar-refractivity contribution in [3.63, 3.8) is 0 Å². The Morgan fingerprint density at radius 2 is 2.21 bits per heavy atom. The van der Waals surface area contributed by atoms with Crippen LogP contribution < -0.4 is 11.5 Å². The number of anilines is 1. The number of hydrogen-bond acceptors (Lipinski definition) is 8. The summed E-state index contributed by atoms with van der Waals surface area (Å²) >= 11 is 0. The molecule has 9 heteroatoms. The molecule has 0 aromatic carbocycles. The fraction of sp³-hybridized carbons (Fsp3) is 0.667. The number of nitrogen functional groups attached to an aromatic ring is 1. The number of hydrogen-bond donors (Lipinski definition) is 2. The average molecular weight is 336 g/mol. The van der Waals surface area contributed by atoms with Gasteiger partial charge < -0.3 is 25.7 Å². The first-order chi connectivity index (χ1) is 11.7. The van der Waals surface area contributed by atoms with E-state index in [1.54, 1.807) is 18.9 Å². The van der Waals surface area contributed by atoms with Crippen LogP contribution in [0.1, 0.15) is 24.8 Å². The Morgan fingerprint density at radius 1 is 1.38 bits per heavy atom. The topological polar surface area (TPSA) is 123 Å². The Balaban J connectivity index is 1.96. The highest BCUT2D eigenvalue weighted by molar-refractivity contribution is 5.88. The molecule has 3 atom stereocenters. The third-order valence-electron chi connectivity index (χ3n) is 4.30. The van der Waals surface area contributed by atoms with Gasteiger partial charge in [-0.2, -0.15) is 5.10 Å². The molecule has 3 heterocycles. The molecule has 1 aliphatic rings. The summed E-state index contributed by atoms with van der Waals surface area (Å²) in [5.41, 5.74) is 13.2. The van der Waals surface area contributed by atoms with Crippen molar-refractivity contribution in [2.24, 2.45) is 5.73 Å². The molecule has 2 aromatic heterocycles. The van der Waals surface area contributed by atoms with Gasteiger partial charge in [-0.05, 0) is 19.4 Å². The van der Waals surface area contributed by atoms with Crippen LogP contribution in [0.4, 0.5) is 5.82 Å². The van der Waals surface area contributed by atoms with Gasteiger partial charge >= 0.3 is 0 Å². The van der Waals surface area contributed by atoms with Gasteiger partial charge in [-0.1, -0.05) is 0 Å². The quantitative estimate of drug-likeness (QED) is 0.737. The maximum atomic E-state index is 6.08. The fourth-order valence-corrected chi connectivity index (χ4v) is 3.12. The molecule has 0 spiro atoms. The molecule has 132 valence electrons. The molecular formula is C15H24N6O3. The molecule has 0 radical (unpaired) electrons. The van der Waals surface area contributed by atoms with E-state index >= 15 is 0 Å². The molecule has 3 rings (SSSR count). The summed E-state index contributed by atoms with van der Waals surface area (Å²) in [6, 6.07) is 0. The van der Waals surface area contributed by atoms with E-state index in [0.717, 1.165) is 23.9 Å². The van der Waals surface area contributed by atoms with Crippen LogP contribution in [0, 0.1) is 0 Å². The predicted molar refractivity (Wildman–Crippen MR) is 88.3 cm³/mol. The van der Waals surface area contributed by atoms with Gasteiger partial charge in [0, 0.05) is 20.6 Å². The van der Waals surface area contributed by atoms with Crippen molar-refractivity contribution < 1.29 is 14.2 Å². The van der Waals surface area contributed by atoms with Crippen LogP contribution in [0.3, 0.4) is 0 Å². The van der Waals surface area contributed by atoms with E-state index < -0.39 is 0 Å². The Hall–Kier alpha value is -1.81. The smallest absolute Gasteiger partial charge is 0.166 e. The highest BCUT2D eigenvalue weighted by atomic mass is 16.6. The number of nitrogens with two attached hydrogens (primary N) is 2. The third kappa shape index (κ3) is 3.07. The SMILES string of the molecule is COCC1OC(n2nc(CCCN)c3c(N)ncnc32)CC1OC. The summed E-state index contributed by atoms with van der Waals surface area (Å²) in [4.78, 5) is 8.45. The lowest BCUT2D eigenvalue weighted by atomic mass is 10.2. The normalized spacial score (nSPS) is 24.0. The van der Waals surface area contributed by atoms with Crippen molar-refractivity contribution in [2.45, 2.75) is 37.7 Å². The predicted octanol–water partition coefficient (Wildman–Crippen LogP) is 0.249. The zero-order chi connectivity index (χ0) is 17.1. The lowest BCUT2D eigenvalue weighted by Crippen LogP contribution is -2.27. The van der Waals surface area contributed by atoms with Crippen molar-refractivity contribution in [1.82, 2.24) is 19.7 Å². The van der Waals surface area contributed by atoms with Gasteiger partial charge in [0.2, 0.25) is 0 Å². The number of aryl methyl sites for hydroxylation is 1. The van der Waals surface area contributed by atoms with Crippen LogP contribution in [0.2, 0.25) is 0 Å². The van der Waals surface area contributed by atoms with E-state index in [4.69, 9.17) is 30.8 Å². The van der Waals surface area contributed by atoms with Crippen LogP contribution in [-0.4, -0.2) is 59.3 Å². The van der Waals surface area contributed by atoms with Crippen molar-refractivity contribution in [3.05, 3.63) is 12.0 Å². The van der Waals surface area contributed by atoms with Gasteiger partial charge in [0.1, 0.15) is 18.2 Å². The average Bonchev–Trinajstić information content (AvgIpc) is 3.15. The van der Waals surface area contributed by atoms with E-state index in [0.29, 0.717) is 31.0 Å². The molecule has 0 bridgehead atoms. The summed E-state index contributed by atoms with van der Waals surface area (Å²) in [7, 11) is 3.32. The lowest BCUT2D eigenvalue weighted by Gasteiger charge is -2.15. The van der Waals surface area contributed by atoms with E-state index in [1.807, 2.05) is 0 Å². The molecule has 4 N–H and O–H groups in total. The first-order valence-corrected chi connectivity index (χ1v) is 8.04. The van der Waals surface area contributed by atoms with E-state index in [2.05, 4.69) is 9.97 Å². The van der Waals surface area contributed by atoms with E-state index in [9.17, 15) is 0 Å². The van der Waals surface area contributed by atoms with Gasteiger partial charge in [-0.3, -0.25) is 0 Å². The van der Waals surface area contributed by atoms with Gasteiger partial charge in [0.15, 0.2) is 11.9 Å². The minimum absolute atomic E-state index is 0.0547. The lowest BCUT2D eigenvalue weighted by molar-refractivity contribution is -0.0627. The Kier molecular flexibility index (Phi) is 5.24. The van der Waals surface area contributed by atoms with Crippen LogP contribution >= 0.6 is 0 Å². The summed E-state index contributed by atoms with van der Waals surface area (Å²) in [6.45, 7) is 1.05. The number of fused-ring (bicyclic) bond motifs is 1. The van der Waals surface area contributed by atoms with E-state index in [-0.39, 0.29) is 18.4 Å². The first-order valence-electron chi connectivity index (χ1n) is 8.04. The summed E-state index contributed by atoms with van der Waals surface area (Å²) in [6.07, 6.45) is 3.17. The zero-order valence-electron chi connectivity index (χ0n) is 14.0. The van der Waals surface area contributed by atoms with Crippen molar-refractivity contribution >= 4 is 16.9 Å². The molecule has 1 aliphatic heterocycles. The highest BCUT2D eigenvalue weighted by Crippen LogP contribution is 2.34. The molecule has 1 saturated heterocycles. The van der Waals surface area contributed by atoms with Crippen LogP contribution in [0.25, 0.3) is 11.0 Å². The Morgan fingerprint density at radius 3 is 2.92 bits per heavy atom. The zero-order valence-corrected chi connectivity index (χ0v) is 14.0. The molecular weight excluding hydrogens is 312 g/mol. The first kappa shape index (κ1) is 17.0. The number of rotatable bonds is 7. The van der Waals surface area contributed by atoms with Crippen LogP contribution in [-0.2, 0) is 20.6 Å². The van der Waals surface area contributed by atoms with Crippen molar-refractivity contribution in [3.8, 4) is 0 Å². The number of methoxy groups -OCH3 is 2. The second kappa shape index (κ2) is 7.39. The monoisotopic (exact) mass is 336 g/mol. The summed E-state index contributed by atoms with van der Waals surface area (Å²) in [5.74, 6) is 0.424. The second-order valence-corrected chi connectivity index (χ2v) is 5.84. The molecule has 24 heavy (non-hydrogen) atoms. The van der Waals surface area contributed by atoms with Crippen molar-refractivity contribution in [2.75, 3.05) is 33.1 Å². The van der Waals surface area contributed by atoms with Crippen LogP contribution in [0.15, 0.2) is 6.33 Å². The maximum Gasteiger partial charge on any atom is 0.166 e. The molecule has 0 amide bonds.